The summed E-state index contributed by atoms with van der Waals surface area (Å²) in [6.07, 6.45) is 7.53. The molecule has 0 aliphatic carbocycles. The monoisotopic (exact) mass is 309 g/mol. The van der Waals surface area contributed by atoms with Crippen LogP contribution in [0.1, 0.15) is 34.1 Å². The molecule has 1 aliphatic heterocycles. The molecule has 4 heterocycles. The Balaban J connectivity index is 1.52. The molecule has 0 fully saturated rings. The molecule has 0 bridgehead atoms. The molecule has 1 N–H and O–H groups in total. The minimum absolute atomic E-state index is 0.0368. The van der Waals surface area contributed by atoms with Gasteiger partial charge >= 0.3 is 0 Å². The molecule has 0 radical (unpaired) electrons. The van der Waals surface area contributed by atoms with Gasteiger partial charge in [-0.05, 0) is 32.4 Å². The lowest BCUT2D eigenvalue weighted by atomic mass is 10.1. The summed E-state index contributed by atoms with van der Waals surface area (Å²) in [5.41, 5.74) is 2.69. The number of nitrogens with zero attached hydrogens (tertiary/aromatic N) is 4. The quantitative estimate of drug-likeness (QED) is 0.786. The van der Waals surface area contributed by atoms with E-state index in [0.717, 1.165) is 42.2 Å². The number of fused-ring (bicyclic) bond motifs is 2. The third kappa shape index (κ3) is 2.50. The average Bonchev–Trinajstić information content (AvgIpc) is 3.09. The topological polar surface area (TPSA) is 64.2 Å². The van der Waals surface area contributed by atoms with E-state index < -0.39 is 0 Å². The molecule has 118 valence electrons. The van der Waals surface area contributed by atoms with Gasteiger partial charge in [0.05, 0.1) is 23.0 Å². The van der Waals surface area contributed by atoms with Crippen LogP contribution in [0, 0.1) is 13.8 Å². The highest BCUT2D eigenvalue weighted by atomic mass is 16.1. The lowest BCUT2D eigenvalue weighted by Gasteiger charge is -2.24. The second-order valence-electron chi connectivity index (χ2n) is 6.18. The molecule has 3 aromatic heterocycles. The zero-order valence-corrected chi connectivity index (χ0v) is 13.3. The number of hydrogen-bond acceptors (Lipinski definition) is 3. The number of pyridine rings is 1. The summed E-state index contributed by atoms with van der Waals surface area (Å²) in [5.74, 6) is 1.96. The number of imidazole rings is 2. The first kappa shape index (κ1) is 14.0. The van der Waals surface area contributed by atoms with Crippen LogP contribution in [-0.2, 0) is 13.0 Å². The lowest BCUT2D eigenvalue weighted by molar-refractivity contribution is 0.0927. The minimum Gasteiger partial charge on any atom is -0.347 e. The van der Waals surface area contributed by atoms with Crippen molar-refractivity contribution in [1.29, 1.82) is 0 Å². The molecule has 23 heavy (non-hydrogen) atoms. The third-order valence-corrected chi connectivity index (χ3v) is 4.42. The highest BCUT2D eigenvalue weighted by molar-refractivity contribution is 5.94. The second-order valence-corrected chi connectivity index (χ2v) is 6.18. The molecule has 0 spiro atoms. The van der Waals surface area contributed by atoms with Crippen molar-refractivity contribution in [3.63, 3.8) is 0 Å². The zero-order chi connectivity index (χ0) is 16.0. The molecule has 1 amide bonds. The van der Waals surface area contributed by atoms with Crippen LogP contribution in [0.4, 0.5) is 0 Å². The predicted molar refractivity (Wildman–Crippen MR) is 86.5 cm³/mol. The van der Waals surface area contributed by atoms with Gasteiger partial charge in [0.15, 0.2) is 0 Å². The maximum absolute atomic E-state index is 12.5. The molecular formula is C17H19N5O. The van der Waals surface area contributed by atoms with E-state index in [1.54, 1.807) is 6.20 Å². The van der Waals surface area contributed by atoms with Crippen LogP contribution in [0.5, 0.6) is 0 Å². The minimum atomic E-state index is -0.0368. The van der Waals surface area contributed by atoms with E-state index in [-0.39, 0.29) is 11.9 Å². The van der Waals surface area contributed by atoms with Crippen molar-refractivity contribution in [1.82, 2.24) is 24.3 Å². The van der Waals surface area contributed by atoms with Crippen molar-refractivity contribution in [3.05, 3.63) is 53.6 Å². The fraction of sp³-hybridized carbons (Fsp3) is 0.353. The van der Waals surface area contributed by atoms with E-state index in [1.165, 1.54) is 0 Å². The number of aryl methyl sites for hydroxylation is 3. The number of amides is 1. The average molecular weight is 309 g/mol. The van der Waals surface area contributed by atoms with Crippen molar-refractivity contribution in [2.45, 2.75) is 39.3 Å². The Morgan fingerprint density at radius 3 is 3.04 bits per heavy atom. The number of carbonyl (C=O) groups is 1. The summed E-state index contributed by atoms with van der Waals surface area (Å²) < 4.78 is 4.08. The van der Waals surface area contributed by atoms with Crippen molar-refractivity contribution in [2.75, 3.05) is 0 Å². The van der Waals surface area contributed by atoms with Crippen LogP contribution < -0.4 is 5.32 Å². The summed E-state index contributed by atoms with van der Waals surface area (Å²) in [6, 6.07) is 3.91. The number of hydrogen-bond donors (Lipinski definition) is 1. The highest BCUT2D eigenvalue weighted by Crippen LogP contribution is 2.16. The van der Waals surface area contributed by atoms with Crippen LogP contribution in [0.25, 0.3) is 5.52 Å². The van der Waals surface area contributed by atoms with Gasteiger partial charge in [-0.15, -0.1) is 0 Å². The first-order valence-electron chi connectivity index (χ1n) is 7.87. The summed E-state index contributed by atoms with van der Waals surface area (Å²) in [6.45, 7) is 4.72. The normalized spacial score (nSPS) is 17.2. The second kappa shape index (κ2) is 5.22. The molecule has 4 rings (SSSR count). The third-order valence-electron chi connectivity index (χ3n) is 4.42. The van der Waals surface area contributed by atoms with Gasteiger partial charge in [0, 0.05) is 31.4 Å². The summed E-state index contributed by atoms with van der Waals surface area (Å²) in [4.78, 5) is 21.3. The van der Waals surface area contributed by atoms with Crippen LogP contribution in [0.15, 0.2) is 30.7 Å². The summed E-state index contributed by atoms with van der Waals surface area (Å²) in [7, 11) is 0. The van der Waals surface area contributed by atoms with Gasteiger partial charge in [-0.3, -0.25) is 4.79 Å². The molecule has 1 atom stereocenters. The standard InChI is InChI=1S/C17H19N5O/c1-11-8-21-10-14(4-6-16(21)19-11)20-17(23)13-3-5-15-7-18-12(2)22(15)9-13/h3,5,7-9,14H,4,6,10H2,1-2H3,(H,20,23). The van der Waals surface area contributed by atoms with Gasteiger partial charge in [-0.25, -0.2) is 9.97 Å². The predicted octanol–water partition coefficient (Wildman–Crippen LogP) is 1.89. The van der Waals surface area contributed by atoms with Gasteiger partial charge in [0.25, 0.3) is 5.91 Å². The Morgan fingerprint density at radius 2 is 2.17 bits per heavy atom. The summed E-state index contributed by atoms with van der Waals surface area (Å²) in [5, 5.41) is 3.14. The van der Waals surface area contributed by atoms with Crippen molar-refractivity contribution < 1.29 is 4.79 Å². The molecular weight excluding hydrogens is 290 g/mol. The number of carbonyl (C=O) groups excluding carboxylic acids is 1. The molecule has 0 saturated heterocycles. The van der Waals surface area contributed by atoms with Gasteiger partial charge in [-0.1, -0.05) is 0 Å². The number of nitrogens with one attached hydrogen (secondary N) is 1. The van der Waals surface area contributed by atoms with Crippen molar-refractivity contribution in [2.24, 2.45) is 0 Å². The number of aromatic nitrogens is 4. The van der Waals surface area contributed by atoms with E-state index in [1.807, 2.05) is 36.6 Å². The molecule has 6 heteroatoms. The Hall–Kier alpha value is -2.63. The largest absolute Gasteiger partial charge is 0.347 e. The lowest BCUT2D eigenvalue weighted by Crippen LogP contribution is -2.40. The van der Waals surface area contributed by atoms with Crippen molar-refractivity contribution in [3.8, 4) is 0 Å². The maximum Gasteiger partial charge on any atom is 0.253 e. The highest BCUT2D eigenvalue weighted by Gasteiger charge is 2.21. The van der Waals surface area contributed by atoms with Crippen LogP contribution in [0.2, 0.25) is 0 Å². The SMILES string of the molecule is Cc1cn2c(n1)CCC(NC(=O)c1ccc3cnc(C)n3c1)C2. The first-order chi connectivity index (χ1) is 11.1. The molecule has 0 aromatic carbocycles. The summed E-state index contributed by atoms with van der Waals surface area (Å²) >= 11 is 0. The Morgan fingerprint density at radius 1 is 1.30 bits per heavy atom. The molecule has 1 aliphatic rings. The fourth-order valence-corrected chi connectivity index (χ4v) is 3.23. The van der Waals surface area contributed by atoms with Crippen LogP contribution in [-0.4, -0.2) is 30.9 Å². The van der Waals surface area contributed by atoms with Gasteiger partial charge in [0.1, 0.15) is 11.6 Å². The number of rotatable bonds is 2. The van der Waals surface area contributed by atoms with Gasteiger partial charge in [0.2, 0.25) is 0 Å². The van der Waals surface area contributed by atoms with Crippen LogP contribution >= 0.6 is 0 Å². The molecule has 1 unspecified atom stereocenters. The Kier molecular flexibility index (Phi) is 3.18. The van der Waals surface area contributed by atoms with E-state index in [9.17, 15) is 4.79 Å². The Bertz CT molecular complexity index is 892. The van der Waals surface area contributed by atoms with E-state index >= 15 is 0 Å². The van der Waals surface area contributed by atoms with E-state index in [4.69, 9.17) is 0 Å². The molecule has 6 nitrogen and oxygen atoms in total. The van der Waals surface area contributed by atoms with Gasteiger partial charge in [-0.2, -0.15) is 0 Å². The smallest absolute Gasteiger partial charge is 0.253 e. The Labute approximate surface area is 134 Å². The van der Waals surface area contributed by atoms with Crippen LogP contribution in [0.3, 0.4) is 0 Å². The zero-order valence-electron chi connectivity index (χ0n) is 13.3. The van der Waals surface area contributed by atoms with E-state index in [0.29, 0.717) is 5.56 Å². The molecule has 3 aromatic rings. The first-order valence-corrected chi connectivity index (χ1v) is 7.87. The van der Waals surface area contributed by atoms with Crippen molar-refractivity contribution >= 4 is 11.4 Å². The fourth-order valence-electron chi connectivity index (χ4n) is 3.23. The maximum atomic E-state index is 12.5. The molecule has 0 saturated carbocycles. The van der Waals surface area contributed by atoms with Gasteiger partial charge < -0.3 is 14.3 Å². The van der Waals surface area contributed by atoms with E-state index in [2.05, 4.69) is 26.0 Å².